The molecule has 0 fully saturated rings. The lowest BCUT2D eigenvalue weighted by Gasteiger charge is -2.12. The molecule has 0 aliphatic rings. The Balaban J connectivity index is 1.75. The number of halogens is 1. The van der Waals surface area contributed by atoms with Crippen LogP contribution in [0.4, 0.5) is 0 Å². The Labute approximate surface area is 131 Å². The van der Waals surface area contributed by atoms with Crippen molar-refractivity contribution in [1.29, 1.82) is 0 Å². The number of aromatic hydroxyl groups is 1. The number of hydrogen-bond donors (Lipinski definition) is 2. The van der Waals surface area contributed by atoms with Gasteiger partial charge in [0.2, 0.25) is 0 Å². The number of phenols is 1. The molecular formula is C17H16BrNO2. The summed E-state index contributed by atoms with van der Waals surface area (Å²) in [7, 11) is 0. The van der Waals surface area contributed by atoms with Crippen molar-refractivity contribution in [3.05, 3.63) is 64.3 Å². The van der Waals surface area contributed by atoms with Crippen LogP contribution in [0.5, 0.6) is 5.75 Å². The zero-order chi connectivity index (χ0) is 14.8. The Morgan fingerprint density at radius 3 is 2.81 bits per heavy atom. The van der Waals surface area contributed by atoms with Gasteiger partial charge in [-0.25, -0.2) is 0 Å². The maximum atomic E-state index is 9.77. The van der Waals surface area contributed by atoms with E-state index in [1.807, 2.05) is 49.4 Å². The van der Waals surface area contributed by atoms with Crippen LogP contribution < -0.4 is 5.32 Å². The number of furan rings is 1. The van der Waals surface area contributed by atoms with Crippen LogP contribution in [0, 0.1) is 0 Å². The lowest BCUT2D eigenvalue weighted by molar-refractivity contribution is 0.436. The molecule has 1 atom stereocenters. The fourth-order valence-electron chi connectivity index (χ4n) is 2.27. The molecule has 0 saturated heterocycles. The molecule has 0 amide bonds. The molecule has 0 bridgehead atoms. The fraction of sp³-hybridized carbons (Fsp3) is 0.176. The minimum atomic E-state index is 0.0655. The second-order valence-corrected chi connectivity index (χ2v) is 5.98. The predicted molar refractivity (Wildman–Crippen MR) is 87.3 cm³/mol. The molecule has 0 saturated carbocycles. The SMILES string of the molecule is CC(NCc1ccccc1O)c1cc2cc(Br)ccc2o1. The lowest BCUT2D eigenvalue weighted by atomic mass is 10.1. The highest BCUT2D eigenvalue weighted by Crippen LogP contribution is 2.27. The first-order valence-corrected chi connectivity index (χ1v) is 7.62. The van der Waals surface area contributed by atoms with Crippen LogP contribution in [0.2, 0.25) is 0 Å². The molecule has 0 radical (unpaired) electrons. The second kappa shape index (κ2) is 5.92. The van der Waals surface area contributed by atoms with Gasteiger partial charge in [0.05, 0.1) is 6.04 Å². The van der Waals surface area contributed by atoms with Gasteiger partial charge in [-0.3, -0.25) is 0 Å². The first kappa shape index (κ1) is 14.2. The van der Waals surface area contributed by atoms with Gasteiger partial charge < -0.3 is 14.8 Å². The number of rotatable bonds is 4. The summed E-state index contributed by atoms with van der Waals surface area (Å²) >= 11 is 3.46. The van der Waals surface area contributed by atoms with Crippen molar-refractivity contribution in [1.82, 2.24) is 5.32 Å². The quantitative estimate of drug-likeness (QED) is 0.716. The zero-order valence-corrected chi connectivity index (χ0v) is 13.2. The lowest BCUT2D eigenvalue weighted by Crippen LogP contribution is -2.17. The van der Waals surface area contributed by atoms with E-state index in [4.69, 9.17) is 4.42 Å². The molecule has 3 aromatic rings. The number of phenolic OH excluding ortho intramolecular Hbond substituents is 1. The van der Waals surface area contributed by atoms with E-state index in [2.05, 4.69) is 21.2 Å². The Morgan fingerprint density at radius 1 is 1.19 bits per heavy atom. The number of nitrogens with one attached hydrogen (secondary N) is 1. The van der Waals surface area contributed by atoms with E-state index in [-0.39, 0.29) is 6.04 Å². The Kier molecular flexibility index (Phi) is 3.99. The Bertz CT molecular complexity index is 766. The van der Waals surface area contributed by atoms with Gasteiger partial charge >= 0.3 is 0 Å². The van der Waals surface area contributed by atoms with Gasteiger partial charge in [-0.05, 0) is 37.3 Å². The molecule has 3 nitrogen and oxygen atoms in total. The monoisotopic (exact) mass is 345 g/mol. The largest absolute Gasteiger partial charge is 0.508 e. The molecule has 1 heterocycles. The van der Waals surface area contributed by atoms with Gasteiger partial charge in [0.15, 0.2) is 0 Å². The Morgan fingerprint density at radius 2 is 2.00 bits per heavy atom. The van der Waals surface area contributed by atoms with E-state index in [1.165, 1.54) is 0 Å². The summed E-state index contributed by atoms with van der Waals surface area (Å²) in [6.45, 7) is 2.64. The number of hydrogen-bond acceptors (Lipinski definition) is 3. The fourth-order valence-corrected chi connectivity index (χ4v) is 2.65. The van der Waals surface area contributed by atoms with Crippen molar-refractivity contribution >= 4 is 26.9 Å². The summed E-state index contributed by atoms with van der Waals surface area (Å²) < 4.78 is 6.90. The molecule has 1 aromatic heterocycles. The number of fused-ring (bicyclic) bond motifs is 1. The molecule has 21 heavy (non-hydrogen) atoms. The van der Waals surface area contributed by atoms with Crippen molar-refractivity contribution in [2.24, 2.45) is 0 Å². The second-order valence-electron chi connectivity index (χ2n) is 5.06. The number of benzene rings is 2. The molecule has 0 aliphatic carbocycles. The molecule has 3 rings (SSSR count). The minimum Gasteiger partial charge on any atom is -0.508 e. The standard InChI is InChI=1S/C17H16BrNO2/c1-11(19-10-12-4-2-3-5-15(12)20)17-9-13-8-14(18)6-7-16(13)21-17/h2-9,11,19-20H,10H2,1H3. The van der Waals surface area contributed by atoms with Crippen LogP contribution in [0.15, 0.2) is 57.4 Å². The number of para-hydroxylation sites is 1. The highest BCUT2D eigenvalue weighted by molar-refractivity contribution is 9.10. The first-order chi connectivity index (χ1) is 10.1. The third-order valence-corrected chi connectivity index (χ3v) is 4.01. The molecule has 4 heteroatoms. The van der Waals surface area contributed by atoms with Crippen LogP contribution >= 0.6 is 15.9 Å². The van der Waals surface area contributed by atoms with Gasteiger partial charge in [0.25, 0.3) is 0 Å². The average Bonchev–Trinajstić information content (AvgIpc) is 2.89. The van der Waals surface area contributed by atoms with Gasteiger partial charge in [-0.2, -0.15) is 0 Å². The van der Waals surface area contributed by atoms with Gasteiger partial charge in [-0.1, -0.05) is 34.1 Å². The maximum Gasteiger partial charge on any atom is 0.134 e. The van der Waals surface area contributed by atoms with E-state index in [9.17, 15) is 5.11 Å². The molecule has 0 aliphatic heterocycles. The Hall–Kier alpha value is -1.78. The normalized spacial score (nSPS) is 12.7. The van der Waals surface area contributed by atoms with Gasteiger partial charge in [0.1, 0.15) is 17.1 Å². The first-order valence-electron chi connectivity index (χ1n) is 6.83. The molecule has 2 aromatic carbocycles. The molecule has 0 spiro atoms. The van der Waals surface area contributed by atoms with E-state index in [0.29, 0.717) is 12.3 Å². The summed E-state index contributed by atoms with van der Waals surface area (Å²) in [4.78, 5) is 0. The summed E-state index contributed by atoms with van der Waals surface area (Å²) in [6.07, 6.45) is 0. The maximum absolute atomic E-state index is 9.77. The summed E-state index contributed by atoms with van der Waals surface area (Å²) in [6, 6.07) is 15.4. The summed E-state index contributed by atoms with van der Waals surface area (Å²) in [5, 5.41) is 14.2. The van der Waals surface area contributed by atoms with Crippen LogP contribution in [-0.2, 0) is 6.54 Å². The zero-order valence-electron chi connectivity index (χ0n) is 11.6. The van der Waals surface area contributed by atoms with E-state index >= 15 is 0 Å². The van der Waals surface area contributed by atoms with E-state index in [1.54, 1.807) is 6.07 Å². The third-order valence-electron chi connectivity index (χ3n) is 3.51. The molecule has 108 valence electrons. The van der Waals surface area contributed by atoms with E-state index < -0.39 is 0 Å². The molecule has 2 N–H and O–H groups in total. The highest BCUT2D eigenvalue weighted by atomic mass is 79.9. The van der Waals surface area contributed by atoms with Gasteiger partial charge in [-0.15, -0.1) is 0 Å². The smallest absolute Gasteiger partial charge is 0.134 e. The predicted octanol–water partition coefficient (Wildman–Crippen LogP) is 4.75. The molecule has 1 unspecified atom stereocenters. The summed E-state index contributed by atoms with van der Waals surface area (Å²) in [5.41, 5.74) is 1.76. The van der Waals surface area contributed by atoms with Crippen molar-refractivity contribution < 1.29 is 9.52 Å². The van der Waals surface area contributed by atoms with Crippen LogP contribution in [-0.4, -0.2) is 5.11 Å². The third kappa shape index (κ3) is 3.12. The van der Waals surface area contributed by atoms with Crippen molar-refractivity contribution in [3.8, 4) is 5.75 Å². The average molecular weight is 346 g/mol. The van der Waals surface area contributed by atoms with Crippen LogP contribution in [0.25, 0.3) is 11.0 Å². The minimum absolute atomic E-state index is 0.0655. The van der Waals surface area contributed by atoms with Crippen molar-refractivity contribution in [2.45, 2.75) is 19.5 Å². The van der Waals surface area contributed by atoms with Crippen molar-refractivity contribution in [3.63, 3.8) is 0 Å². The van der Waals surface area contributed by atoms with Crippen molar-refractivity contribution in [2.75, 3.05) is 0 Å². The molecular weight excluding hydrogens is 330 g/mol. The highest BCUT2D eigenvalue weighted by Gasteiger charge is 2.12. The summed E-state index contributed by atoms with van der Waals surface area (Å²) in [5.74, 6) is 1.20. The van der Waals surface area contributed by atoms with E-state index in [0.717, 1.165) is 26.8 Å². The topological polar surface area (TPSA) is 45.4 Å². The van der Waals surface area contributed by atoms with Crippen LogP contribution in [0.1, 0.15) is 24.3 Å². The van der Waals surface area contributed by atoms with Crippen LogP contribution in [0.3, 0.4) is 0 Å². The van der Waals surface area contributed by atoms with Gasteiger partial charge in [0, 0.05) is 22.0 Å².